The molecule has 38 valence electrons. The van der Waals surface area contributed by atoms with Crippen LogP contribution in [0.4, 0.5) is 0 Å². The van der Waals surface area contributed by atoms with Gasteiger partial charge >= 0.3 is 5.78 Å². The summed E-state index contributed by atoms with van der Waals surface area (Å²) in [6, 6.07) is 0. The zero-order valence-corrected chi connectivity index (χ0v) is 4.02. The molecular formula is C5H7O2+. The Morgan fingerprint density at radius 1 is 1.71 bits per heavy atom. The second-order valence-corrected chi connectivity index (χ2v) is 1.50. The highest BCUT2D eigenvalue weighted by Gasteiger charge is 2.16. The van der Waals surface area contributed by atoms with Gasteiger partial charge in [0.15, 0.2) is 13.0 Å². The molecule has 0 amide bonds. The van der Waals surface area contributed by atoms with E-state index < -0.39 is 0 Å². The van der Waals surface area contributed by atoms with Crippen LogP contribution >= 0.6 is 0 Å². The second kappa shape index (κ2) is 1.98. The molecule has 2 heteroatoms. The van der Waals surface area contributed by atoms with Gasteiger partial charge in [-0.25, -0.2) is 4.79 Å². The fourth-order valence-electron chi connectivity index (χ4n) is 0.510. The molecule has 0 aromatic rings. The SMILES string of the molecule is O=C1[CH+]COCC1. The number of Topliss-reactive ketones (excluding diaryl/α,β-unsaturated/α-hetero) is 1. The molecule has 0 N–H and O–H groups in total. The number of hydrogen-bond donors (Lipinski definition) is 0. The molecule has 0 aromatic carbocycles. The van der Waals surface area contributed by atoms with Crippen LogP contribution in [0.15, 0.2) is 0 Å². The molecule has 0 saturated carbocycles. The first-order valence-corrected chi connectivity index (χ1v) is 2.33. The Morgan fingerprint density at radius 3 is 2.86 bits per heavy atom. The van der Waals surface area contributed by atoms with E-state index in [1.807, 2.05) is 0 Å². The highest BCUT2D eigenvalue weighted by molar-refractivity contribution is 5.87. The fourth-order valence-corrected chi connectivity index (χ4v) is 0.510. The maximum atomic E-state index is 10.3. The highest BCUT2D eigenvalue weighted by atomic mass is 16.5. The van der Waals surface area contributed by atoms with Gasteiger partial charge in [0.2, 0.25) is 0 Å². The molecule has 1 aliphatic rings. The van der Waals surface area contributed by atoms with Crippen LogP contribution in [-0.2, 0) is 9.53 Å². The van der Waals surface area contributed by atoms with Gasteiger partial charge in [0.1, 0.15) is 0 Å². The summed E-state index contributed by atoms with van der Waals surface area (Å²) in [5, 5.41) is 0. The third-order valence-electron chi connectivity index (χ3n) is 0.922. The molecule has 1 fully saturated rings. The van der Waals surface area contributed by atoms with E-state index >= 15 is 0 Å². The summed E-state index contributed by atoms with van der Waals surface area (Å²) < 4.78 is 4.86. The minimum absolute atomic E-state index is 0.214. The van der Waals surface area contributed by atoms with Crippen molar-refractivity contribution in [2.24, 2.45) is 0 Å². The summed E-state index contributed by atoms with van der Waals surface area (Å²) in [5.74, 6) is 0.214. The first kappa shape index (κ1) is 4.65. The van der Waals surface area contributed by atoms with Crippen LogP contribution in [0.1, 0.15) is 6.42 Å². The minimum Gasteiger partial charge on any atom is -0.339 e. The predicted octanol–water partition coefficient (Wildman–Crippen LogP) is 0.180. The Bertz CT molecular complexity index is 70.1. The topological polar surface area (TPSA) is 26.3 Å². The van der Waals surface area contributed by atoms with Crippen molar-refractivity contribution in [3.63, 3.8) is 0 Å². The molecule has 0 bridgehead atoms. The summed E-state index contributed by atoms with van der Waals surface area (Å²) in [4.78, 5) is 10.3. The van der Waals surface area contributed by atoms with E-state index in [-0.39, 0.29) is 5.78 Å². The van der Waals surface area contributed by atoms with Gasteiger partial charge in [-0.15, -0.1) is 0 Å². The Kier molecular flexibility index (Phi) is 1.32. The highest BCUT2D eigenvalue weighted by Crippen LogP contribution is 1.96. The van der Waals surface area contributed by atoms with Crippen LogP contribution in [0.3, 0.4) is 0 Å². The molecule has 0 aromatic heterocycles. The van der Waals surface area contributed by atoms with Gasteiger partial charge in [0.25, 0.3) is 0 Å². The average Bonchev–Trinajstić information content (AvgIpc) is 1.69. The smallest absolute Gasteiger partial charge is 0.310 e. The van der Waals surface area contributed by atoms with E-state index in [0.717, 1.165) is 0 Å². The van der Waals surface area contributed by atoms with Crippen LogP contribution < -0.4 is 0 Å². The molecule has 1 aliphatic heterocycles. The lowest BCUT2D eigenvalue weighted by atomic mass is 10.2. The van der Waals surface area contributed by atoms with Gasteiger partial charge in [0, 0.05) is 0 Å². The second-order valence-electron chi connectivity index (χ2n) is 1.50. The summed E-state index contributed by atoms with van der Waals surface area (Å²) in [7, 11) is 0. The lowest BCUT2D eigenvalue weighted by molar-refractivity contribution is -0.119. The van der Waals surface area contributed by atoms with E-state index in [4.69, 9.17) is 4.74 Å². The van der Waals surface area contributed by atoms with Gasteiger partial charge in [0.05, 0.1) is 13.0 Å². The first-order chi connectivity index (χ1) is 3.39. The summed E-state index contributed by atoms with van der Waals surface area (Å²) in [6.45, 7) is 1.12. The number of hydrogen-bond acceptors (Lipinski definition) is 2. The molecule has 0 unspecified atom stereocenters. The van der Waals surface area contributed by atoms with Gasteiger partial charge < -0.3 is 4.74 Å². The van der Waals surface area contributed by atoms with Gasteiger partial charge in [-0.1, -0.05) is 0 Å². The zero-order chi connectivity index (χ0) is 5.11. The number of rotatable bonds is 0. The Morgan fingerprint density at radius 2 is 2.57 bits per heavy atom. The Hall–Kier alpha value is -0.500. The first-order valence-electron chi connectivity index (χ1n) is 2.33. The largest absolute Gasteiger partial charge is 0.339 e. The number of carbonyl (C=O) groups excluding carboxylic acids is 1. The van der Waals surface area contributed by atoms with Crippen LogP contribution in [0.25, 0.3) is 0 Å². The normalized spacial score (nSPS) is 21.4. The summed E-state index contributed by atoms with van der Waals surface area (Å²) >= 11 is 0. The number of ether oxygens (including phenoxy) is 1. The van der Waals surface area contributed by atoms with E-state index in [2.05, 4.69) is 0 Å². The molecule has 1 rings (SSSR count). The van der Waals surface area contributed by atoms with Crippen molar-refractivity contribution in [1.29, 1.82) is 0 Å². The third kappa shape index (κ3) is 1.20. The van der Waals surface area contributed by atoms with Crippen LogP contribution in [0.2, 0.25) is 0 Å². The van der Waals surface area contributed by atoms with E-state index in [1.165, 1.54) is 0 Å². The standard InChI is InChI=1S/C5H7O2/c6-5-1-3-7-4-2-5/h1H,2-4H2/q+1. The fraction of sp³-hybridized carbons (Fsp3) is 0.600. The van der Waals surface area contributed by atoms with Crippen LogP contribution in [0.5, 0.6) is 0 Å². The molecular weight excluding hydrogens is 92.1 g/mol. The van der Waals surface area contributed by atoms with Crippen molar-refractivity contribution < 1.29 is 9.53 Å². The molecule has 2 nitrogen and oxygen atoms in total. The molecule has 1 heterocycles. The molecule has 0 spiro atoms. The predicted molar refractivity (Wildman–Crippen MR) is 24.7 cm³/mol. The van der Waals surface area contributed by atoms with Crippen molar-refractivity contribution in [3.05, 3.63) is 6.42 Å². The Labute approximate surface area is 42.5 Å². The van der Waals surface area contributed by atoms with E-state index in [0.29, 0.717) is 19.6 Å². The molecule has 0 aliphatic carbocycles. The van der Waals surface area contributed by atoms with Crippen LogP contribution in [0, 0.1) is 6.42 Å². The van der Waals surface area contributed by atoms with Gasteiger partial charge in [-0.2, -0.15) is 0 Å². The van der Waals surface area contributed by atoms with E-state index in [9.17, 15) is 4.79 Å². The third-order valence-corrected chi connectivity index (χ3v) is 0.922. The quantitative estimate of drug-likeness (QED) is 0.405. The van der Waals surface area contributed by atoms with Crippen LogP contribution in [-0.4, -0.2) is 19.0 Å². The molecule has 7 heavy (non-hydrogen) atoms. The van der Waals surface area contributed by atoms with Crippen molar-refractivity contribution in [2.45, 2.75) is 6.42 Å². The van der Waals surface area contributed by atoms with Crippen molar-refractivity contribution in [2.75, 3.05) is 13.2 Å². The van der Waals surface area contributed by atoms with Gasteiger partial charge in [-0.05, 0) is 0 Å². The summed E-state index contributed by atoms with van der Waals surface area (Å²) in [5.41, 5.74) is 0. The number of carbonyl (C=O) groups is 1. The monoisotopic (exact) mass is 99.0 g/mol. The summed E-state index contributed by atoms with van der Waals surface area (Å²) in [6.07, 6.45) is 2.14. The molecule has 0 radical (unpaired) electrons. The molecule has 1 saturated heterocycles. The average molecular weight is 99.1 g/mol. The minimum atomic E-state index is 0.214. The Balaban J connectivity index is 2.25. The van der Waals surface area contributed by atoms with E-state index in [1.54, 1.807) is 6.42 Å². The molecule has 0 atom stereocenters. The lowest BCUT2D eigenvalue weighted by Crippen LogP contribution is -2.14. The lowest BCUT2D eigenvalue weighted by Gasteiger charge is -1.98. The zero-order valence-electron chi connectivity index (χ0n) is 4.02. The maximum Gasteiger partial charge on any atom is 0.310 e. The van der Waals surface area contributed by atoms with Crippen molar-refractivity contribution in [3.8, 4) is 0 Å². The van der Waals surface area contributed by atoms with Gasteiger partial charge in [-0.3, -0.25) is 0 Å². The number of ketones is 1. The van der Waals surface area contributed by atoms with Crippen molar-refractivity contribution in [1.82, 2.24) is 0 Å². The maximum absolute atomic E-state index is 10.3. The van der Waals surface area contributed by atoms with Crippen molar-refractivity contribution >= 4 is 5.78 Å².